The van der Waals surface area contributed by atoms with E-state index in [2.05, 4.69) is 18.9 Å². The fourth-order valence-corrected chi connectivity index (χ4v) is 0.641. The average Bonchev–Trinajstić information content (AvgIpc) is 2.47. The summed E-state index contributed by atoms with van der Waals surface area (Å²) in [4.78, 5) is 2.31. The molecular formula is C8H17N. The Kier molecular flexibility index (Phi) is 2.52. The van der Waals surface area contributed by atoms with E-state index in [1.165, 1.54) is 32.4 Å². The van der Waals surface area contributed by atoms with E-state index in [0.717, 1.165) is 5.92 Å². The second-order valence-corrected chi connectivity index (χ2v) is 3.34. The van der Waals surface area contributed by atoms with Gasteiger partial charge in [0.05, 0.1) is 0 Å². The number of hydrogen-bond acceptors (Lipinski definition) is 1. The molecule has 0 aromatic carbocycles. The first-order chi connectivity index (χ1) is 4.29. The van der Waals surface area contributed by atoms with Crippen LogP contribution >= 0.6 is 0 Å². The van der Waals surface area contributed by atoms with E-state index >= 15 is 0 Å². The summed E-state index contributed by atoms with van der Waals surface area (Å²) in [5.41, 5.74) is 0. The van der Waals surface area contributed by atoms with Gasteiger partial charge in [-0.2, -0.15) is 0 Å². The molecule has 0 atom stereocenters. The molecule has 1 aliphatic heterocycles. The molecular weight excluding hydrogens is 110 g/mol. The molecule has 2 aliphatic rings. The average molecular weight is 127 g/mol. The van der Waals surface area contributed by atoms with Crippen molar-refractivity contribution in [2.45, 2.75) is 26.2 Å². The van der Waals surface area contributed by atoms with Crippen molar-refractivity contribution in [3.63, 3.8) is 0 Å². The molecule has 0 unspecified atom stereocenters. The van der Waals surface area contributed by atoms with Crippen molar-refractivity contribution in [3.8, 4) is 0 Å². The molecule has 54 valence electrons. The van der Waals surface area contributed by atoms with E-state index in [9.17, 15) is 0 Å². The SMILES string of the molecule is CC1CC1.CN1CCC1. The summed E-state index contributed by atoms with van der Waals surface area (Å²) in [5, 5.41) is 0. The third-order valence-corrected chi connectivity index (χ3v) is 1.95. The lowest BCUT2D eigenvalue weighted by molar-refractivity contribution is 0.229. The Bertz CT molecular complexity index is 72.6. The minimum atomic E-state index is 1.08. The van der Waals surface area contributed by atoms with E-state index in [0.29, 0.717) is 0 Å². The van der Waals surface area contributed by atoms with Crippen LogP contribution in [-0.4, -0.2) is 25.0 Å². The number of likely N-dealkylation sites (tertiary alicyclic amines) is 1. The Morgan fingerprint density at radius 1 is 1.22 bits per heavy atom. The van der Waals surface area contributed by atoms with Gasteiger partial charge in [0, 0.05) is 0 Å². The Morgan fingerprint density at radius 3 is 1.56 bits per heavy atom. The fourth-order valence-electron chi connectivity index (χ4n) is 0.641. The molecule has 2 rings (SSSR count). The van der Waals surface area contributed by atoms with E-state index in [-0.39, 0.29) is 0 Å². The van der Waals surface area contributed by atoms with Crippen LogP contribution < -0.4 is 0 Å². The highest BCUT2D eigenvalue weighted by atomic mass is 15.1. The lowest BCUT2D eigenvalue weighted by atomic mass is 10.3. The first-order valence-electron chi connectivity index (χ1n) is 3.97. The van der Waals surface area contributed by atoms with Crippen molar-refractivity contribution in [3.05, 3.63) is 0 Å². The van der Waals surface area contributed by atoms with Gasteiger partial charge in [-0.05, 0) is 32.5 Å². The summed E-state index contributed by atoms with van der Waals surface area (Å²) in [6, 6.07) is 0. The van der Waals surface area contributed by atoms with Gasteiger partial charge in [0.15, 0.2) is 0 Å². The highest BCUT2D eigenvalue weighted by molar-refractivity contribution is 4.65. The van der Waals surface area contributed by atoms with E-state index in [1.807, 2.05) is 0 Å². The van der Waals surface area contributed by atoms with E-state index < -0.39 is 0 Å². The number of nitrogens with zero attached hydrogens (tertiary/aromatic N) is 1. The van der Waals surface area contributed by atoms with Gasteiger partial charge >= 0.3 is 0 Å². The third kappa shape index (κ3) is 3.52. The summed E-state index contributed by atoms with van der Waals surface area (Å²) in [5.74, 6) is 1.08. The summed E-state index contributed by atoms with van der Waals surface area (Å²) >= 11 is 0. The normalized spacial score (nSPS) is 26.0. The zero-order valence-corrected chi connectivity index (χ0v) is 6.56. The summed E-state index contributed by atoms with van der Waals surface area (Å²) in [6.07, 6.45) is 4.39. The fraction of sp³-hybridized carbons (Fsp3) is 1.00. The monoisotopic (exact) mass is 127 g/mol. The zero-order chi connectivity index (χ0) is 6.69. The quantitative estimate of drug-likeness (QED) is 0.479. The van der Waals surface area contributed by atoms with Crippen LogP contribution in [0.25, 0.3) is 0 Å². The van der Waals surface area contributed by atoms with Crippen LogP contribution in [0.15, 0.2) is 0 Å². The molecule has 0 spiro atoms. The molecule has 1 heteroatoms. The number of hydrogen-bond donors (Lipinski definition) is 0. The third-order valence-electron chi connectivity index (χ3n) is 1.95. The van der Waals surface area contributed by atoms with Gasteiger partial charge in [0.2, 0.25) is 0 Å². The van der Waals surface area contributed by atoms with E-state index in [4.69, 9.17) is 0 Å². The van der Waals surface area contributed by atoms with Gasteiger partial charge < -0.3 is 4.90 Å². The van der Waals surface area contributed by atoms with Gasteiger partial charge in [0.25, 0.3) is 0 Å². The topological polar surface area (TPSA) is 3.24 Å². The summed E-state index contributed by atoms with van der Waals surface area (Å²) in [7, 11) is 2.14. The summed E-state index contributed by atoms with van der Waals surface area (Å²) < 4.78 is 0. The van der Waals surface area contributed by atoms with Crippen LogP contribution in [0.4, 0.5) is 0 Å². The van der Waals surface area contributed by atoms with Crippen molar-refractivity contribution < 1.29 is 0 Å². The second-order valence-electron chi connectivity index (χ2n) is 3.34. The standard InChI is InChI=1S/C4H9N.C4H8/c1-5-3-2-4-5;1-4-2-3-4/h2-4H2,1H3;4H,2-3H2,1H3. The largest absolute Gasteiger partial charge is 0.306 e. The Balaban J connectivity index is 0.0000000922. The molecule has 1 aliphatic carbocycles. The predicted octanol–water partition coefficient (Wildman–Crippen LogP) is 1.74. The molecule has 2 fully saturated rings. The molecule has 0 aromatic rings. The van der Waals surface area contributed by atoms with E-state index in [1.54, 1.807) is 0 Å². The van der Waals surface area contributed by atoms with Crippen LogP contribution in [0.5, 0.6) is 0 Å². The van der Waals surface area contributed by atoms with Crippen LogP contribution in [0, 0.1) is 5.92 Å². The Hall–Kier alpha value is -0.0400. The van der Waals surface area contributed by atoms with Crippen molar-refractivity contribution in [1.82, 2.24) is 4.90 Å². The maximum Gasteiger partial charge on any atom is -0.000959 e. The van der Waals surface area contributed by atoms with Crippen LogP contribution in [-0.2, 0) is 0 Å². The highest BCUT2D eigenvalue weighted by Gasteiger charge is 2.12. The predicted molar refractivity (Wildman–Crippen MR) is 40.5 cm³/mol. The minimum Gasteiger partial charge on any atom is -0.306 e. The maximum atomic E-state index is 2.31. The summed E-state index contributed by atoms with van der Waals surface area (Å²) in [6.45, 7) is 4.92. The lowest BCUT2D eigenvalue weighted by Gasteiger charge is -2.24. The molecule has 9 heavy (non-hydrogen) atoms. The van der Waals surface area contributed by atoms with Crippen LogP contribution in [0.3, 0.4) is 0 Å². The zero-order valence-electron chi connectivity index (χ0n) is 6.56. The highest BCUT2D eigenvalue weighted by Crippen LogP contribution is 2.26. The van der Waals surface area contributed by atoms with Crippen LogP contribution in [0.2, 0.25) is 0 Å². The van der Waals surface area contributed by atoms with Crippen molar-refractivity contribution in [2.24, 2.45) is 5.92 Å². The van der Waals surface area contributed by atoms with Crippen molar-refractivity contribution in [2.75, 3.05) is 20.1 Å². The molecule has 0 aromatic heterocycles. The molecule has 0 amide bonds. The van der Waals surface area contributed by atoms with Crippen LogP contribution in [0.1, 0.15) is 26.2 Å². The lowest BCUT2D eigenvalue weighted by Crippen LogP contribution is -2.32. The number of rotatable bonds is 0. The molecule has 1 heterocycles. The molecule has 0 bridgehead atoms. The Morgan fingerprint density at radius 2 is 1.56 bits per heavy atom. The molecule has 1 saturated heterocycles. The first-order valence-corrected chi connectivity index (χ1v) is 3.97. The second kappa shape index (κ2) is 3.21. The van der Waals surface area contributed by atoms with Crippen molar-refractivity contribution in [1.29, 1.82) is 0 Å². The molecule has 1 saturated carbocycles. The minimum absolute atomic E-state index is 1.08. The van der Waals surface area contributed by atoms with Gasteiger partial charge in [-0.3, -0.25) is 0 Å². The van der Waals surface area contributed by atoms with Gasteiger partial charge in [-0.25, -0.2) is 0 Å². The molecule has 0 N–H and O–H groups in total. The molecule has 0 radical (unpaired) electrons. The smallest absolute Gasteiger partial charge is 0.000959 e. The maximum absolute atomic E-state index is 2.31. The van der Waals surface area contributed by atoms with Gasteiger partial charge in [0.1, 0.15) is 0 Å². The van der Waals surface area contributed by atoms with Crippen molar-refractivity contribution >= 4 is 0 Å². The Labute approximate surface area is 58.0 Å². The van der Waals surface area contributed by atoms with Gasteiger partial charge in [-0.1, -0.05) is 19.8 Å². The first kappa shape index (κ1) is 7.07. The van der Waals surface area contributed by atoms with Gasteiger partial charge in [-0.15, -0.1) is 0 Å². The molecule has 1 nitrogen and oxygen atoms in total.